The van der Waals surface area contributed by atoms with E-state index in [1.807, 2.05) is 30.3 Å². The largest absolute Gasteiger partial charge is 0.355 e. The molecule has 8 nitrogen and oxygen atoms in total. The highest BCUT2D eigenvalue weighted by Crippen LogP contribution is 2.09. The van der Waals surface area contributed by atoms with Gasteiger partial charge >= 0.3 is 0 Å². The van der Waals surface area contributed by atoms with Gasteiger partial charge in [0.2, 0.25) is 0 Å². The summed E-state index contributed by atoms with van der Waals surface area (Å²) in [4.78, 5) is 37.4. The molecule has 27 heavy (non-hydrogen) atoms. The van der Waals surface area contributed by atoms with Crippen LogP contribution in [0.5, 0.6) is 0 Å². The Morgan fingerprint density at radius 3 is 2.48 bits per heavy atom. The zero-order chi connectivity index (χ0) is 19.4. The van der Waals surface area contributed by atoms with Crippen LogP contribution in [0.1, 0.15) is 26.3 Å². The van der Waals surface area contributed by atoms with E-state index in [4.69, 9.17) is 0 Å². The summed E-state index contributed by atoms with van der Waals surface area (Å²) in [7, 11) is 3.17. The van der Waals surface area contributed by atoms with E-state index in [1.165, 1.54) is 23.9 Å². The Bertz CT molecular complexity index is 1040. The molecule has 2 aromatic heterocycles. The van der Waals surface area contributed by atoms with Gasteiger partial charge in [0.15, 0.2) is 5.82 Å². The fraction of sp³-hybridized carbons (Fsp3) is 0.158. The van der Waals surface area contributed by atoms with Crippen LogP contribution in [0.15, 0.2) is 59.7 Å². The quantitative estimate of drug-likeness (QED) is 0.711. The fourth-order valence-corrected chi connectivity index (χ4v) is 2.63. The smallest absolute Gasteiger partial charge is 0.263 e. The van der Waals surface area contributed by atoms with E-state index in [0.29, 0.717) is 5.82 Å². The zero-order valence-corrected chi connectivity index (χ0v) is 15.0. The van der Waals surface area contributed by atoms with Crippen LogP contribution in [-0.4, -0.2) is 33.2 Å². The number of hydrogen-bond donors (Lipinski definition) is 2. The van der Waals surface area contributed by atoms with Crippen molar-refractivity contribution in [1.29, 1.82) is 0 Å². The number of nitrogens with one attached hydrogen (secondary N) is 2. The molecule has 0 spiro atoms. The highest BCUT2D eigenvalue weighted by atomic mass is 16.2. The summed E-state index contributed by atoms with van der Waals surface area (Å²) < 4.78 is 2.91. The third kappa shape index (κ3) is 4.12. The molecule has 1 aromatic carbocycles. The number of aryl methyl sites for hydroxylation is 1. The molecule has 2 amide bonds. The predicted octanol–water partition coefficient (Wildman–Crippen LogP) is 1.24. The van der Waals surface area contributed by atoms with Gasteiger partial charge in [-0.3, -0.25) is 19.1 Å². The van der Waals surface area contributed by atoms with Crippen LogP contribution in [-0.2, 0) is 13.6 Å². The molecule has 0 bridgehead atoms. The second kappa shape index (κ2) is 7.69. The van der Waals surface area contributed by atoms with Gasteiger partial charge in [0.1, 0.15) is 5.56 Å². The molecule has 2 N–H and O–H groups in total. The van der Waals surface area contributed by atoms with E-state index >= 15 is 0 Å². The summed E-state index contributed by atoms with van der Waals surface area (Å²) in [6.45, 7) is 0.244. The molecule has 0 fully saturated rings. The third-order valence-corrected chi connectivity index (χ3v) is 3.97. The van der Waals surface area contributed by atoms with E-state index in [1.54, 1.807) is 24.0 Å². The summed E-state index contributed by atoms with van der Waals surface area (Å²) >= 11 is 0. The molecule has 138 valence electrons. The van der Waals surface area contributed by atoms with E-state index in [2.05, 4.69) is 15.7 Å². The lowest BCUT2D eigenvalue weighted by Gasteiger charge is -2.11. The average molecular weight is 365 g/mol. The summed E-state index contributed by atoms with van der Waals surface area (Å²) in [5.41, 5.74) is 0.509. The number of rotatable bonds is 5. The molecule has 0 saturated carbocycles. The molecule has 0 saturated heterocycles. The first kappa shape index (κ1) is 18.1. The summed E-state index contributed by atoms with van der Waals surface area (Å²) in [5.74, 6) is -0.625. The first-order valence-corrected chi connectivity index (χ1v) is 8.29. The van der Waals surface area contributed by atoms with Crippen molar-refractivity contribution in [1.82, 2.24) is 19.7 Å². The van der Waals surface area contributed by atoms with Crippen molar-refractivity contribution in [2.24, 2.45) is 7.05 Å². The first-order chi connectivity index (χ1) is 13.0. The molecule has 0 aliphatic heterocycles. The number of aromatic nitrogens is 3. The maximum atomic E-state index is 12.7. The summed E-state index contributed by atoms with van der Waals surface area (Å²) in [5, 5.41) is 9.18. The maximum absolute atomic E-state index is 12.7. The zero-order valence-electron chi connectivity index (χ0n) is 15.0. The lowest BCUT2D eigenvalue weighted by Crippen LogP contribution is -2.33. The van der Waals surface area contributed by atoms with Crippen molar-refractivity contribution < 1.29 is 9.59 Å². The SMILES string of the molecule is CNC(=O)c1cc(C(=O)Nc2ccn(C)n2)cn(Cc2ccccc2)c1=O. The Hall–Kier alpha value is -3.68. The number of carbonyl (C=O) groups is 2. The van der Waals surface area contributed by atoms with Crippen molar-refractivity contribution in [2.45, 2.75) is 6.54 Å². The van der Waals surface area contributed by atoms with Crippen molar-refractivity contribution in [3.8, 4) is 0 Å². The lowest BCUT2D eigenvalue weighted by molar-refractivity contribution is 0.0961. The molecule has 8 heteroatoms. The number of hydrogen-bond acceptors (Lipinski definition) is 4. The van der Waals surface area contributed by atoms with Gasteiger partial charge in [-0.2, -0.15) is 5.10 Å². The molecule has 0 unspecified atom stereocenters. The van der Waals surface area contributed by atoms with Crippen LogP contribution in [0.4, 0.5) is 5.82 Å². The minimum absolute atomic E-state index is 0.0953. The second-order valence-electron chi connectivity index (χ2n) is 5.97. The van der Waals surface area contributed by atoms with Crippen LogP contribution in [0.25, 0.3) is 0 Å². The topological polar surface area (TPSA) is 98.0 Å². The van der Waals surface area contributed by atoms with Crippen molar-refractivity contribution in [3.63, 3.8) is 0 Å². The van der Waals surface area contributed by atoms with E-state index in [-0.39, 0.29) is 17.7 Å². The number of amides is 2. The highest BCUT2D eigenvalue weighted by molar-refractivity contribution is 6.05. The van der Waals surface area contributed by atoms with Crippen molar-refractivity contribution >= 4 is 17.6 Å². The van der Waals surface area contributed by atoms with E-state index in [0.717, 1.165) is 5.56 Å². The number of nitrogens with zero attached hydrogens (tertiary/aromatic N) is 3. The van der Waals surface area contributed by atoms with Crippen molar-refractivity contribution in [2.75, 3.05) is 12.4 Å². The molecule has 0 aliphatic carbocycles. The highest BCUT2D eigenvalue weighted by Gasteiger charge is 2.17. The van der Waals surface area contributed by atoms with Gasteiger partial charge in [-0.1, -0.05) is 30.3 Å². The molecule has 3 rings (SSSR count). The van der Waals surface area contributed by atoms with Gasteiger partial charge in [-0.15, -0.1) is 0 Å². The Morgan fingerprint density at radius 1 is 1.11 bits per heavy atom. The second-order valence-corrected chi connectivity index (χ2v) is 5.97. The monoisotopic (exact) mass is 365 g/mol. The standard InChI is InChI=1S/C19H19N5O3/c1-20-18(26)15-10-14(17(25)21-16-8-9-23(2)22-16)12-24(19(15)27)11-13-6-4-3-5-7-13/h3-10,12H,11H2,1-2H3,(H,20,26)(H,21,22,25). The minimum atomic E-state index is -0.547. The van der Waals surface area contributed by atoms with Crippen LogP contribution >= 0.6 is 0 Å². The predicted molar refractivity (Wildman–Crippen MR) is 101 cm³/mol. The molecule has 2 heterocycles. The number of anilines is 1. The maximum Gasteiger partial charge on any atom is 0.263 e. The van der Waals surface area contributed by atoms with Gasteiger partial charge in [0.25, 0.3) is 17.4 Å². The Balaban J connectivity index is 2.00. The Labute approximate surface area is 155 Å². The van der Waals surface area contributed by atoms with E-state index in [9.17, 15) is 14.4 Å². The molecular weight excluding hydrogens is 346 g/mol. The van der Waals surface area contributed by atoms with Gasteiger partial charge < -0.3 is 15.2 Å². The normalized spacial score (nSPS) is 10.4. The van der Waals surface area contributed by atoms with Gasteiger partial charge in [0, 0.05) is 32.6 Å². The minimum Gasteiger partial charge on any atom is -0.355 e. The lowest BCUT2D eigenvalue weighted by atomic mass is 10.1. The van der Waals surface area contributed by atoms with Crippen molar-refractivity contribution in [3.05, 3.63) is 81.9 Å². The molecule has 3 aromatic rings. The molecule has 0 aliphatic rings. The van der Waals surface area contributed by atoms with E-state index < -0.39 is 17.4 Å². The summed E-state index contributed by atoms with van der Waals surface area (Å²) in [6.07, 6.45) is 3.14. The fourth-order valence-electron chi connectivity index (χ4n) is 2.63. The van der Waals surface area contributed by atoms with Crippen LogP contribution < -0.4 is 16.2 Å². The number of benzene rings is 1. The van der Waals surface area contributed by atoms with Crippen LogP contribution in [0, 0.1) is 0 Å². The summed E-state index contributed by atoms with van der Waals surface area (Å²) in [6, 6.07) is 12.3. The van der Waals surface area contributed by atoms with Gasteiger partial charge in [0.05, 0.1) is 12.1 Å². The number of carbonyl (C=O) groups excluding carboxylic acids is 2. The van der Waals surface area contributed by atoms with Crippen LogP contribution in [0.3, 0.4) is 0 Å². The Kier molecular flexibility index (Phi) is 5.16. The van der Waals surface area contributed by atoms with Gasteiger partial charge in [-0.25, -0.2) is 0 Å². The van der Waals surface area contributed by atoms with Gasteiger partial charge in [-0.05, 0) is 11.6 Å². The Morgan fingerprint density at radius 2 is 1.85 bits per heavy atom. The molecular formula is C19H19N5O3. The molecule has 0 atom stereocenters. The van der Waals surface area contributed by atoms with Crippen LogP contribution in [0.2, 0.25) is 0 Å². The number of pyridine rings is 1. The first-order valence-electron chi connectivity index (χ1n) is 8.29. The molecule has 0 radical (unpaired) electrons. The third-order valence-electron chi connectivity index (χ3n) is 3.97. The average Bonchev–Trinajstić information content (AvgIpc) is 3.08.